The highest BCUT2D eigenvalue weighted by molar-refractivity contribution is 6.34. The van der Waals surface area contributed by atoms with Crippen molar-refractivity contribution in [3.63, 3.8) is 0 Å². The molecule has 250 valence electrons. The first-order chi connectivity index (χ1) is 23.2. The summed E-state index contributed by atoms with van der Waals surface area (Å²) in [5.74, 6) is -2.64. The van der Waals surface area contributed by atoms with Crippen LogP contribution in [-0.4, -0.2) is 56.4 Å². The Balaban J connectivity index is 0.000000818. The second-order valence-electron chi connectivity index (χ2n) is 9.30. The van der Waals surface area contributed by atoms with Crippen LogP contribution in [-0.2, 0) is 11.2 Å². The van der Waals surface area contributed by atoms with Gasteiger partial charge in [-0.15, -0.1) is 0 Å². The minimum Gasteiger partial charge on any atom is -0.476 e. The number of aryl methyl sites for hydroxylation is 1. The summed E-state index contributed by atoms with van der Waals surface area (Å²) in [6, 6.07) is 13.1. The number of carbonyl (C=O) groups is 2. The van der Waals surface area contributed by atoms with E-state index in [1.165, 1.54) is 24.5 Å². The molecule has 0 aliphatic heterocycles. The van der Waals surface area contributed by atoms with E-state index in [1.807, 2.05) is 12.1 Å². The van der Waals surface area contributed by atoms with E-state index in [1.54, 1.807) is 47.3 Å². The molecule has 0 bridgehead atoms. The molecule has 0 fully saturated rings. The first-order valence-electron chi connectivity index (χ1n) is 13.7. The number of benzene rings is 2. The Morgan fingerprint density at radius 1 is 1.08 bits per heavy atom. The average Bonchev–Trinajstić information content (AvgIpc) is 3.54. The highest BCUT2D eigenvalue weighted by Crippen LogP contribution is 2.32. The number of imidazole rings is 1. The maximum absolute atomic E-state index is 14.9. The minimum absolute atomic E-state index is 0.0457. The summed E-state index contributed by atoms with van der Waals surface area (Å²) < 4.78 is 65.2. The molecule has 3 heterocycles. The van der Waals surface area contributed by atoms with Gasteiger partial charge in [0.1, 0.15) is 6.07 Å². The number of nitrogens with zero attached hydrogens (tertiary/aromatic N) is 5. The Morgan fingerprint density at radius 3 is 2.48 bits per heavy atom. The Hall–Kier alpha value is -5.66. The van der Waals surface area contributed by atoms with Crippen molar-refractivity contribution in [2.45, 2.75) is 19.3 Å². The van der Waals surface area contributed by atoms with Crippen LogP contribution in [0.5, 0.6) is 5.75 Å². The van der Waals surface area contributed by atoms with Crippen LogP contribution in [0, 0.1) is 23.0 Å². The zero-order valence-corrected chi connectivity index (χ0v) is 25.3. The molecular formula is C31H25ClF5N7O4. The van der Waals surface area contributed by atoms with Crippen LogP contribution in [0.4, 0.5) is 33.6 Å². The molecule has 0 saturated carbocycles. The number of aromatic nitrogens is 4. The number of hydrogen-bond donors (Lipinski definition) is 3. The van der Waals surface area contributed by atoms with Crippen molar-refractivity contribution in [2.24, 2.45) is 0 Å². The number of aldehydes is 1. The maximum atomic E-state index is 14.9. The van der Waals surface area contributed by atoms with Gasteiger partial charge in [-0.1, -0.05) is 16.1 Å². The highest BCUT2D eigenvalue weighted by atomic mass is 35.5. The number of nitriles is 1. The van der Waals surface area contributed by atoms with Crippen LogP contribution in [0.3, 0.4) is 0 Å². The molecule has 0 atom stereocenters. The SMILES string of the molecule is N#CCOc1ccc(-c2cnc3c(Nc4ccc(C(=O)NCCCc5ccncc5)c(Cl)c4)nccn23)c(F)c1F.O=CC(F)F.OF. The Kier molecular flexibility index (Phi) is 14.2. The van der Waals surface area contributed by atoms with Crippen LogP contribution < -0.4 is 15.4 Å². The van der Waals surface area contributed by atoms with Gasteiger partial charge in [-0.3, -0.25) is 19.0 Å². The first kappa shape index (κ1) is 36.8. The normalized spacial score (nSPS) is 10.2. The zero-order chi connectivity index (χ0) is 35.1. The van der Waals surface area contributed by atoms with Gasteiger partial charge in [0, 0.05) is 42.6 Å². The molecule has 2 aromatic carbocycles. The van der Waals surface area contributed by atoms with Gasteiger partial charge in [0.15, 0.2) is 35.9 Å². The number of hydrogen-bond acceptors (Lipinski definition) is 9. The van der Waals surface area contributed by atoms with Crippen molar-refractivity contribution in [1.82, 2.24) is 24.7 Å². The number of anilines is 2. The summed E-state index contributed by atoms with van der Waals surface area (Å²) in [6.07, 6.45) is 6.28. The third-order valence-corrected chi connectivity index (χ3v) is 6.61. The average molecular weight is 690 g/mol. The van der Waals surface area contributed by atoms with Gasteiger partial charge in [-0.2, -0.15) is 9.65 Å². The molecule has 11 nitrogen and oxygen atoms in total. The van der Waals surface area contributed by atoms with Gasteiger partial charge in [-0.25, -0.2) is 28.5 Å². The van der Waals surface area contributed by atoms with Crippen molar-refractivity contribution < 1.29 is 41.7 Å². The van der Waals surface area contributed by atoms with E-state index >= 15 is 0 Å². The number of halogens is 6. The predicted molar refractivity (Wildman–Crippen MR) is 164 cm³/mol. The molecule has 5 aromatic rings. The molecule has 48 heavy (non-hydrogen) atoms. The zero-order valence-electron chi connectivity index (χ0n) is 24.6. The van der Waals surface area contributed by atoms with Crippen molar-refractivity contribution >= 4 is 40.9 Å². The number of amides is 1. The third kappa shape index (κ3) is 9.67. The van der Waals surface area contributed by atoms with Crippen molar-refractivity contribution in [1.29, 1.82) is 5.26 Å². The van der Waals surface area contributed by atoms with E-state index in [4.69, 9.17) is 36.2 Å². The van der Waals surface area contributed by atoms with Crippen molar-refractivity contribution in [2.75, 3.05) is 18.5 Å². The number of ether oxygens (including phenoxy) is 1. The van der Waals surface area contributed by atoms with Crippen LogP contribution >= 0.6 is 11.6 Å². The monoisotopic (exact) mass is 689 g/mol. The summed E-state index contributed by atoms with van der Waals surface area (Å²) in [5.41, 5.74) is 2.60. The summed E-state index contributed by atoms with van der Waals surface area (Å²) in [7, 11) is 0. The standard InChI is InChI=1S/C29H22ClF2N7O2.C2H2F2O.FHO/c30-22-16-19(3-4-20(22)29(40)36-10-1-2-18-7-11-34-12-8-18)38-27-28-37-17-23(39(28)14-13-35-27)21-5-6-24(41-15-9-33)26(32)25(21)31;3-2(4)1-5;1-2/h3-8,11-14,16-17H,1-2,10,15H2,(H,35,38)(H,36,40);1-2H;2H. The van der Waals surface area contributed by atoms with Crippen LogP contribution in [0.2, 0.25) is 5.02 Å². The number of pyridine rings is 1. The molecule has 0 aliphatic rings. The van der Waals surface area contributed by atoms with Gasteiger partial charge in [0.2, 0.25) is 5.82 Å². The van der Waals surface area contributed by atoms with Crippen LogP contribution in [0.25, 0.3) is 16.9 Å². The molecule has 0 aliphatic carbocycles. The smallest absolute Gasteiger partial charge is 0.293 e. The first-order valence-corrected chi connectivity index (χ1v) is 14.1. The predicted octanol–water partition coefficient (Wildman–Crippen LogP) is 6.05. The Labute approximate surface area is 274 Å². The molecule has 3 N–H and O–H groups in total. The van der Waals surface area contributed by atoms with E-state index in [0.717, 1.165) is 18.4 Å². The molecule has 17 heteroatoms. The molecule has 1 amide bonds. The lowest BCUT2D eigenvalue weighted by molar-refractivity contribution is -0.116. The molecule has 0 spiro atoms. The molecule has 0 radical (unpaired) electrons. The lowest BCUT2D eigenvalue weighted by atomic mass is 10.1. The van der Waals surface area contributed by atoms with Crippen LogP contribution in [0.15, 0.2) is 73.4 Å². The molecule has 0 unspecified atom stereocenters. The number of alkyl halides is 2. The fourth-order valence-corrected chi connectivity index (χ4v) is 4.48. The number of rotatable bonds is 11. The number of carbonyl (C=O) groups excluding carboxylic acids is 2. The Morgan fingerprint density at radius 2 is 1.81 bits per heavy atom. The van der Waals surface area contributed by atoms with Crippen LogP contribution in [0.1, 0.15) is 22.3 Å². The van der Waals surface area contributed by atoms with E-state index < -0.39 is 31.0 Å². The quantitative estimate of drug-likeness (QED) is 0.0855. The van der Waals surface area contributed by atoms with Crippen molar-refractivity contribution in [3.05, 3.63) is 101 Å². The summed E-state index contributed by atoms with van der Waals surface area (Å²) in [6.45, 7) is 0.0838. The molecular weight excluding hydrogens is 665 g/mol. The summed E-state index contributed by atoms with van der Waals surface area (Å²) >= 11 is 6.42. The second kappa shape index (κ2) is 18.5. The largest absolute Gasteiger partial charge is 0.476 e. The van der Waals surface area contributed by atoms with E-state index in [-0.39, 0.29) is 27.9 Å². The van der Waals surface area contributed by atoms with Gasteiger partial charge < -0.3 is 15.4 Å². The van der Waals surface area contributed by atoms with E-state index in [0.29, 0.717) is 29.3 Å². The lowest BCUT2D eigenvalue weighted by Gasteiger charge is -2.11. The fraction of sp³-hybridized carbons (Fsp3) is 0.161. The van der Waals surface area contributed by atoms with E-state index in [2.05, 4.69) is 25.6 Å². The van der Waals surface area contributed by atoms with Gasteiger partial charge >= 0.3 is 0 Å². The Bertz CT molecular complexity index is 1870. The van der Waals surface area contributed by atoms with Gasteiger partial charge in [-0.05, 0) is 60.9 Å². The maximum Gasteiger partial charge on any atom is 0.293 e. The highest BCUT2D eigenvalue weighted by Gasteiger charge is 2.20. The summed E-state index contributed by atoms with van der Waals surface area (Å²) in [4.78, 5) is 34.1. The molecule has 3 aromatic heterocycles. The molecule has 5 rings (SSSR count). The lowest BCUT2D eigenvalue weighted by Crippen LogP contribution is -2.25. The summed E-state index contributed by atoms with van der Waals surface area (Å²) in [5, 5.41) is 20.4. The number of nitrogens with one attached hydrogen (secondary N) is 2. The second-order valence-corrected chi connectivity index (χ2v) is 9.71. The van der Waals surface area contributed by atoms with Crippen molar-refractivity contribution in [3.8, 4) is 23.1 Å². The van der Waals surface area contributed by atoms with Gasteiger partial charge in [0.25, 0.3) is 12.3 Å². The minimum atomic E-state index is -2.80. The van der Waals surface area contributed by atoms with E-state index in [9.17, 15) is 22.4 Å². The topological polar surface area (TPSA) is 155 Å². The molecule has 0 saturated heterocycles. The number of fused-ring (bicyclic) bond motifs is 1. The van der Waals surface area contributed by atoms with Gasteiger partial charge in [0.05, 0.1) is 22.5 Å². The third-order valence-electron chi connectivity index (χ3n) is 6.30. The fourth-order valence-electron chi connectivity index (χ4n) is 4.21.